The first-order valence-electron chi connectivity index (χ1n) is 8.83. The van der Waals surface area contributed by atoms with Crippen LogP contribution in [0.15, 0.2) is 24.3 Å². The van der Waals surface area contributed by atoms with Crippen LogP contribution in [0.5, 0.6) is 0 Å². The number of hydrogen-bond acceptors (Lipinski definition) is 4. The highest BCUT2D eigenvalue weighted by Gasteiger charge is 2.33. The molecule has 0 aliphatic heterocycles. The van der Waals surface area contributed by atoms with Crippen molar-refractivity contribution in [3.63, 3.8) is 0 Å². The summed E-state index contributed by atoms with van der Waals surface area (Å²) in [4.78, 5) is 14.2. The van der Waals surface area contributed by atoms with Crippen LogP contribution in [0.4, 0.5) is 0 Å². The van der Waals surface area contributed by atoms with E-state index in [1.54, 1.807) is 11.3 Å². The number of aliphatic hydroxyl groups excluding tert-OH is 1. The molecule has 0 saturated carbocycles. The van der Waals surface area contributed by atoms with Crippen molar-refractivity contribution in [2.24, 2.45) is 0 Å². The molecule has 0 amide bonds. The molecule has 1 aromatic heterocycles. The lowest BCUT2D eigenvalue weighted by atomic mass is 9.74. The summed E-state index contributed by atoms with van der Waals surface area (Å²) in [6.45, 7) is 8.27. The second-order valence-electron chi connectivity index (χ2n) is 6.39. The summed E-state index contributed by atoms with van der Waals surface area (Å²) in [5, 5.41) is 8.97. The van der Waals surface area contributed by atoms with Crippen LogP contribution in [0.25, 0.3) is 0 Å². The van der Waals surface area contributed by atoms with Gasteiger partial charge in [-0.3, -0.25) is 0 Å². The molecule has 2 rings (SSSR count). The fourth-order valence-electron chi connectivity index (χ4n) is 3.41. The number of carbonyl (C=O) groups excluding carboxylic acids is 1. The maximum atomic E-state index is 11.9. The summed E-state index contributed by atoms with van der Waals surface area (Å²) in [6.07, 6.45) is 1.90. The molecule has 1 N–H and O–H groups in total. The van der Waals surface area contributed by atoms with E-state index in [2.05, 4.69) is 44.7 Å². The summed E-state index contributed by atoms with van der Waals surface area (Å²) in [6, 6.07) is 8.22. The molecule has 0 spiro atoms. The molecule has 0 radical (unpaired) electrons. The Balaban J connectivity index is 2.57. The molecular formula is C22H26O3S. The molecule has 0 atom stereocenters. The van der Waals surface area contributed by atoms with Gasteiger partial charge in [0.15, 0.2) is 0 Å². The van der Waals surface area contributed by atoms with Crippen molar-refractivity contribution < 1.29 is 14.6 Å². The Morgan fingerprint density at radius 1 is 1.19 bits per heavy atom. The van der Waals surface area contributed by atoms with Gasteiger partial charge in [-0.05, 0) is 55.5 Å². The zero-order valence-electron chi connectivity index (χ0n) is 16.1. The molecule has 26 heavy (non-hydrogen) atoms. The van der Waals surface area contributed by atoms with Gasteiger partial charge < -0.3 is 9.84 Å². The Kier molecular flexibility index (Phi) is 6.63. The third-order valence-corrected chi connectivity index (χ3v) is 6.42. The van der Waals surface area contributed by atoms with Crippen LogP contribution in [-0.4, -0.2) is 24.8 Å². The number of ether oxygens (including phenoxy) is 1. The van der Waals surface area contributed by atoms with Crippen LogP contribution < -0.4 is 0 Å². The van der Waals surface area contributed by atoms with Crippen molar-refractivity contribution in [2.75, 3.05) is 13.7 Å². The molecule has 0 aliphatic rings. The monoisotopic (exact) mass is 370 g/mol. The molecule has 0 saturated heterocycles. The van der Waals surface area contributed by atoms with E-state index in [1.165, 1.54) is 17.6 Å². The fraction of sp³-hybridized carbons (Fsp3) is 0.409. The summed E-state index contributed by atoms with van der Waals surface area (Å²) < 4.78 is 4.86. The zero-order chi connectivity index (χ0) is 19.3. The highest BCUT2D eigenvalue weighted by atomic mass is 32.1. The number of hydrogen-bond donors (Lipinski definition) is 1. The number of aliphatic hydroxyl groups is 1. The average Bonchev–Trinajstić information content (AvgIpc) is 3.02. The van der Waals surface area contributed by atoms with Crippen molar-refractivity contribution in [3.05, 3.63) is 56.3 Å². The van der Waals surface area contributed by atoms with Gasteiger partial charge in [0.2, 0.25) is 0 Å². The minimum atomic E-state index is -0.304. The van der Waals surface area contributed by atoms with Crippen molar-refractivity contribution in [3.8, 4) is 11.8 Å². The van der Waals surface area contributed by atoms with E-state index in [-0.39, 0.29) is 18.0 Å². The number of esters is 1. The number of aryl methyl sites for hydroxylation is 2. The van der Waals surface area contributed by atoms with Crippen LogP contribution in [0.1, 0.15) is 63.5 Å². The molecule has 0 aliphatic carbocycles. The Morgan fingerprint density at radius 2 is 1.88 bits per heavy atom. The number of benzene rings is 1. The van der Waals surface area contributed by atoms with Crippen LogP contribution in [-0.2, 0) is 10.2 Å². The van der Waals surface area contributed by atoms with E-state index < -0.39 is 0 Å². The van der Waals surface area contributed by atoms with Gasteiger partial charge in [-0.1, -0.05) is 37.8 Å². The standard InChI is InChI=1S/C22H26O3S/c1-6-22(7-2,20-14-16(4)19(26-20)9-8-12-23)17-10-11-18(15(3)13-17)21(24)25-5/h10-11,13-14,23H,6-7,12H2,1-5H3. The third kappa shape index (κ3) is 3.70. The summed E-state index contributed by atoms with van der Waals surface area (Å²) >= 11 is 1.69. The highest BCUT2D eigenvalue weighted by Crippen LogP contribution is 2.43. The van der Waals surface area contributed by atoms with Gasteiger partial charge in [0.1, 0.15) is 6.61 Å². The summed E-state index contributed by atoms with van der Waals surface area (Å²) in [5.41, 5.74) is 3.76. The van der Waals surface area contributed by atoms with Gasteiger partial charge in [-0.2, -0.15) is 0 Å². The maximum Gasteiger partial charge on any atom is 0.338 e. The molecule has 0 bridgehead atoms. The first-order chi connectivity index (χ1) is 12.4. The molecule has 2 aromatic rings. The third-order valence-electron chi connectivity index (χ3n) is 5.06. The Labute approximate surface area is 160 Å². The lowest BCUT2D eigenvalue weighted by Gasteiger charge is -2.32. The van der Waals surface area contributed by atoms with E-state index in [0.29, 0.717) is 5.56 Å². The second-order valence-corrected chi connectivity index (χ2v) is 7.45. The number of rotatable bonds is 5. The zero-order valence-corrected chi connectivity index (χ0v) is 16.9. The number of carbonyl (C=O) groups is 1. The van der Waals surface area contributed by atoms with E-state index in [9.17, 15) is 4.79 Å². The van der Waals surface area contributed by atoms with E-state index in [4.69, 9.17) is 9.84 Å². The molecule has 138 valence electrons. The topological polar surface area (TPSA) is 46.5 Å². The largest absolute Gasteiger partial charge is 0.465 e. The molecular weight excluding hydrogens is 344 g/mol. The molecule has 0 unspecified atom stereocenters. The minimum Gasteiger partial charge on any atom is -0.465 e. The Bertz CT molecular complexity index is 848. The van der Waals surface area contributed by atoms with E-state index >= 15 is 0 Å². The van der Waals surface area contributed by atoms with Crippen LogP contribution >= 0.6 is 11.3 Å². The van der Waals surface area contributed by atoms with E-state index in [1.807, 2.05) is 19.1 Å². The first-order valence-corrected chi connectivity index (χ1v) is 9.65. The predicted molar refractivity (Wildman–Crippen MR) is 107 cm³/mol. The lowest BCUT2D eigenvalue weighted by Crippen LogP contribution is -2.25. The molecule has 1 heterocycles. The molecule has 1 aromatic carbocycles. The molecule has 4 heteroatoms. The number of thiophene rings is 1. The molecule has 3 nitrogen and oxygen atoms in total. The van der Waals surface area contributed by atoms with E-state index in [0.717, 1.165) is 28.8 Å². The molecule has 0 fully saturated rings. The van der Waals surface area contributed by atoms with Gasteiger partial charge in [-0.15, -0.1) is 11.3 Å². The maximum absolute atomic E-state index is 11.9. The SMILES string of the molecule is CCC(CC)(c1ccc(C(=O)OC)c(C)c1)c1cc(C)c(C#CCO)s1. The predicted octanol–water partition coefficient (Wildman–Crippen LogP) is 4.60. The highest BCUT2D eigenvalue weighted by molar-refractivity contribution is 7.13. The second kappa shape index (κ2) is 8.53. The van der Waals surface area contributed by atoms with Crippen molar-refractivity contribution in [2.45, 2.75) is 46.0 Å². The van der Waals surface area contributed by atoms with Crippen molar-refractivity contribution in [1.29, 1.82) is 0 Å². The van der Waals surface area contributed by atoms with Crippen LogP contribution in [0.2, 0.25) is 0 Å². The Morgan fingerprint density at radius 3 is 2.42 bits per heavy atom. The van der Waals surface area contributed by atoms with Crippen LogP contribution in [0.3, 0.4) is 0 Å². The lowest BCUT2D eigenvalue weighted by molar-refractivity contribution is 0.0600. The van der Waals surface area contributed by atoms with Crippen LogP contribution in [0, 0.1) is 25.7 Å². The summed E-state index contributed by atoms with van der Waals surface area (Å²) in [5.74, 6) is 5.50. The quantitative estimate of drug-likeness (QED) is 0.618. The van der Waals surface area contributed by atoms with Gasteiger partial charge in [0.25, 0.3) is 0 Å². The van der Waals surface area contributed by atoms with Crippen molar-refractivity contribution >= 4 is 17.3 Å². The fourth-order valence-corrected chi connectivity index (χ4v) is 4.81. The van der Waals surface area contributed by atoms with Gasteiger partial charge in [-0.25, -0.2) is 4.79 Å². The minimum absolute atomic E-state index is 0.117. The van der Waals surface area contributed by atoms with Gasteiger partial charge >= 0.3 is 5.97 Å². The van der Waals surface area contributed by atoms with Gasteiger partial charge in [0.05, 0.1) is 17.6 Å². The normalized spacial score (nSPS) is 11.0. The Hall–Kier alpha value is -2.09. The van der Waals surface area contributed by atoms with Crippen molar-refractivity contribution in [1.82, 2.24) is 0 Å². The van der Waals surface area contributed by atoms with Gasteiger partial charge in [0, 0.05) is 10.3 Å². The number of methoxy groups -OCH3 is 1. The smallest absolute Gasteiger partial charge is 0.338 e. The average molecular weight is 371 g/mol. The first kappa shape index (κ1) is 20.2. The summed E-state index contributed by atoms with van der Waals surface area (Å²) in [7, 11) is 1.40.